The summed E-state index contributed by atoms with van der Waals surface area (Å²) in [6, 6.07) is 9.44. The molecule has 29 heavy (non-hydrogen) atoms. The highest BCUT2D eigenvalue weighted by molar-refractivity contribution is 7.12. The van der Waals surface area contributed by atoms with Gasteiger partial charge in [-0.1, -0.05) is 18.9 Å². The van der Waals surface area contributed by atoms with E-state index in [-0.39, 0.29) is 23.7 Å². The van der Waals surface area contributed by atoms with Crippen LogP contribution in [0.4, 0.5) is 10.1 Å². The maximum atomic E-state index is 13.2. The van der Waals surface area contributed by atoms with Crippen LogP contribution in [0.5, 0.6) is 0 Å². The summed E-state index contributed by atoms with van der Waals surface area (Å²) in [5.41, 5.74) is 0.617. The summed E-state index contributed by atoms with van der Waals surface area (Å²) in [6.45, 7) is 2.64. The van der Waals surface area contributed by atoms with Gasteiger partial charge in [0.1, 0.15) is 5.82 Å². The number of hydrogen-bond donors (Lipinski definition) is 1. The van der Waals surface area contributed by atoms with Crippen molar-refractivity contribution in [1.82, 2.24) is 9.80 Å². The lowest BCUT2D eigenvalue weighted by Crippen LogP contribution is -2.56. The number of hydrogen-bond acceptors (Lipinski definition) is 4. The van der Waals surface area contributed by atoms with Crippen LogP contribution in [-0.4, -0.2) is 53.8 Å². The monoisotopic (exact) mass is 415 g/mol. The Bertz CT molecular complexity index is 826. The number of carbonyl (C=O) groups is 2. The molecule has 1 saturated heterocycles. The second-order valence-electron chi connectivity index (χ2n) is 7.79. The topological polar surface area (TPSA) is 52.7 Å². The predicted octanol–water partition coefficient (Wildman–Crippen LogP) is 3.84. The van der Waals surface area contributed by atoms with Crippen LogP contribution in [0.2, 0.25) is 0 Å². The summed E-state index contributed by atoms with van der Waals surface area (Å²) in [5.74, 6) is 0.0613. The van der Waals surface area contributed by atoms with Crippen molar-refractivity contribution in [3.63, 3.8) is 0 Å². The molecule has 2 fully saturated rings. The zero-order valence-corrected chi connectivity index (χ0v) is 17.2. The van der Waals surface area contributed by atoms with E-state index in [1.165, 1.54) is 23.5 Å². The molecule has 2 amide bonds. The number of carbonyl (C=O) groups excluding carboxylic acids is 2. The highest BCUT2D eigenvalue weighted by Gasteiger charge is 2.37. The number of thiophene rings is 1. The maximum Gasteiger partial charge on any atom is 0.264 e. The first kappa shape index (κ1) is 20.0. The minimum atomic E-state index is -0.318. The number of amides is 2. The molecule has 2 aliphatic rings. The summed E-state index contributed by atoms with van der Waals surface area (Å²) in [5, 5.41) is 4.89. The third kappa shape index (κ3) is 4.67. The van der Waals surface area contributed by atoms with Crippen molar-refractivity contribution in [2.24, 2.45) is 5.92 Å². The Morgan fingerprint density at radius 2 is 1.72 bits per heavy atom. The van der Waals surface area contributed by atoms with E-state index in [2.05, 4.69) is 10.2 Å². The standard InChI is InChI=1S/C22H26FN3O2S/c23-17-7-9-18(10-8-17)24-21(27)20(16-4-1-2-5-16)25-11-13-26(14-12-25)22(28)19-6-3-15-29-19/h3,6-10,15-16,20H,1-2,4-5,11-14H2,(H,24,27). The van der Waals surface area contributed by atoms with Gasteiger partial charge in [-0.15, -0.1) is 11.3 Å². The van der Waals surface area contributed by atoms with Crippen molar-refractivity contribution in [1.29, 1.82) is 0 Å². The number of nitrogens with zero attached hydrogens (tertiary/aromatic N) is 2. The maximum absolute atomic E-state index is 13.2. The molecule has 1 saturated carbocycles. The zero-order chi connectivity index (χ0) is 20.2. The average Bonchev–Trinajstić information content (AvgIpc) is 3.44. The van der Waals surface area contributed by atoms with Gasteiger partial charge >= 0.3 is 0 Å². The van der Waals surface area contributed by atoms with Crippen molar-refractivity contribution < 1.29 is 14.0 Å². The Hall–Kier alpha value is -2.25. The molecule has 154 valence electrons. The summed E-state index contributed by atoms with van der Waals surface area (Å²) < 4.78 is 13.2. The lowest BCUT2D eigenvalue weighted by Gasteiger charge is -2.40. The second kappa shape index (κ2) is 9.05. The zero-order valence-electron chi connectivity index (χ0n) is 16.4. The van der Waals surface area contributed by atoms with E-state index in [1.54, 1.807) is 12.1 Å². The lowest BCUT2D eigenvalue weighted by molar-refractivity contribution is -0.123. The highest BCUT2D eigenvalue weighted by atomic mass is 32.1. The van der Waals surface area contributed by atoms with E-state index >= 15 is 0 Å². The molecule has 0 radical (unpaired) electrons. The van der Waals surface area contributed by atoms with Crippen LogP contribution in [0, 0.1) is 11.7 Å². The fourth-order valence-corrected chi connectivity index (χ4v) is 5.15. The summed E-state index contributed by atoms with van der Waals surface area (Å²) >= 11 is 1.46. The first-order valence-electron chi connectivity index (χ1n) is 10.2. The number of benzene rings is 1. The van der Waals surface area contributed by atoms with Crippen molar-refractivity contribution in [2.75, 3.05) is 31.5 Å². The molecule has 5 nitrogen and oxygen atoms in total. The third-order valence-corrected chi connectivity index (χ3v) is 6.81. The number of rotatable bonds is 5. The molecule has 7 heteroatoms. The van der Waals surface area contributed by atoms with Gasteiger partial charge in [-0.05, 0) is 54.5 Å². The van der Waals surface area contributed by atoms with Crippen LogP contribution >= 0.6 is 11.3 Å². The van der Waals surface area contributed by atoms with Gasteiger partial charge in [0.2, 0.25) is 5.91 Å². The van der Waals surface area contributed by atoms with Gasteiger partial charge in [-0.25, -0.2) is 4.39 Å². The van der Waals surface area contributed by atoms with Crippen LogP contribution in [0.3, 0.4) is 0 Å². The molecular formula is C22H26FN3O2S. The van der Waals surface area contributed by atoms with E-state index in [1.807, 2.05) is 22.4 Å². The first-order chi connectivity index (χ1) is 14.1. The Morgan fingerprint density at radius 1 is 1.03 bits per heavy atom. The Morgan fingerprint density at radius 3 is 2.34 bits per heavy atom. The molecule has 2 aromatic rings. The Balaban J connectivity index is 1.42. The number of halogens is 1. The molecule has 1 aromatic carbocycles. The molecule has 0 bridgehead atoms. The molecule has 1 aromatic heterocycles. The summed E-state index contributed by atoms with van der Waals surface area (Å²) in [6.07, 6.45) is 4.41. The number of piperazine rings is 1. The van der Waals surface area contributed by atoms with E-state index in [0.29, 0.717) is 37.8 Å². The van der Waals surface area contributed by atoms with Gasteiger partial charge in [-0.2, -0.15) is 0 Å². The van der Waals surface area contributed by atoms with Gasteiger partial charge in [-0.3, -0.25) is 14.5 Å². The average molecular weight is 416 g/mol. The van der Waals surface area contributed by atoms with Crippen molar-refractivity contribution in [3.05, 3.63) is 52.5 Å². The van der Waals surface area contributed by atoms with Crippen molar-refractivity contribution in [2.45, 2.75) is 31.7 Å². The molecule has 0 spiro atoms. The van der Waals surface area contributed by atoms with Gasteiger partial charge in [0.25, 0.3) is 5.91 Å². The summed E-state index contributed by atoms with van der Waals surface area (Å²) in [4.78, 5) is 30.6. The molecule has 1 aliphatic heterocycles. The molecular weight excluding hydrogens is 389 g/mol. The minimum Gasteiger partial charge on any atom is -0.335 e. The summed E-state index contributed by atoms with van der Waals surface area (Å²) in [7, 11) is 0. The van der Waals surface area contributed by atoms with E-state index in [4.69, 9.17) is 0 Å². The van der Waals surface area contributed by atoms with Gasteiger partial charge in [0.05, 0.1) is 10.9 Å². The number of anilines is 1. The third-order valence-electron chi connectivity index (χ3n) is 5.95. The van der Waals surface area contributed by atoms with Crippen LogP contribution in [-0.2, 0) is 4.79 Å². The first-order valence-corrected chi connectivity index (χ1v) is 11.1. The van der Waals surface area contributed by atoms with Gasteiger partial charge in [0, 0.05) is 31.9 Å². The molecule has 1 N–H and O–H groups in total. The molecule has 1 aliphatic carbocycles. The fraction of sp³-hybridized carbons (Fsp3) is 0.455. The second-order valence-corrected chi connectivity index (χ2v) is 8.74. The highest BCUT2D eigenvalue weighted by Crippen LogP contribution is 2.32. The molecule has 1 unspecified atom stereocenters. The molecule has 2 heterocycles. The fourth-order valence-electron chi connectivity index (χ4n) is 4.46. The minimum absolute atomic E-state index is 0.0264. The van der Waals surface area contributed by atoms with Crippen LogP contribution in [0.15, 0.2) is 41.8 Å². The Labute approximate surface area is 174 Å². The van der Waals surface area contributed by atoms with Crippen LogP contribution < -0.4 is 5.32 Å². The number of nitrogens with one attached hydrogen (secondary N) is 1. The van der Waals surface area contributed by atoms with E-state index in [9.17, 15) is 14.0 Å². The molecule has 1 atom stereocenters. The lowest BCUT2D eigenvalue weighted by atomic mass is 9.95. The van der Waals surface area contributed by atoms with Crippen LogP contribution in [0.25, 0.3) is 0 Å². The quantitative estimate of drug-likeness (QED) is 0.807. The van der Waals surface area contributed by atoms with E-state index < -0.39 is 0 Å². The van der Waals surface area contributed by atoms with Crippen molar-refractivity contribution in [3.8, 4) is 0 Å². The predicted molar refractivity (Wildman–Crippen MR) is 113 cm³/mol. The van der Waals surface area contributed by atoms with Crippen LogP contribution in [0.1, 0.15) is 35.4 Å². The van der Waals surface area contributed by atoms with E-state index in [0.717, 1.165) is 30.6 Å². The normalized spacial score (nSPS) is 19.3. The molecule has 4 rings (SSSR count). The Kier molecular flexibility index (Phi) is 6.25. The largest absolute Gasteiger partial charge is 0.335 e. The van der Waals surface area contributed by atoms with Gasteiger partial charge < -0.3 is 10.2 Å². The van der Waals surface area contributed by atoms with Crippen molar-refractivity contribution >= 4 is 28.8 Å². The smallest absolute Gasteiger partial charge is 0.264 e. The van der Waals surface area contributed by atoms with Gasteiger partial charge in [0.15, 0.2) is 0 Å². The SMILES string of the molecule is O=C(Nc1ccc(F)cc1)C(C1CCCC1)N1CCN(C(=O)c2cccs2)CC1.